The fourth-order valence-electron chi connectivity index (χ4n) is 3.81. The highest BCUT2D eigenvalue weighted by molar-refractivity contribution is 6.31. The molecule has 3 nitrogen and oxygen atoms in total. The summed E-state index contributed by atoms with van der Waals surface area (Å²) in [6.45, 7) is 5.10. The van der Waals surface area contributed by atoms with Crippen molar-refractivity contribution < 1.29 is 5.11 Å². The Bertz CT molecular complexity index is 492. The molecule has 0 spiro atoms. The molecule has 3 rings (SSSR count). The molecular weight excluding hydrogens is 284 g/mol. The Morgan fingerprint density at radius 3 is 2.57 bits per heavy atom. The quantitative estimate of drug-likeness (QED) is 0.895. The summed E-state index contributed by atoms with van der Waals surface area (Å²) in [4.78, 5) is 2.52. The molecule has 2 N–H and O–H groups in total. The first-order valence-electron chi connectivity index (χ1n) is 8.03. The molecule has 2 unspecified atom stereocenters. The van der Waals surface area contributed by atoms with Gasteiger partial charge in [-0.25, -0.2) is 0 Å². The highest BCUT2D eigenvalue weighted by atomic mass is 35.5. The predicted octanol–water partition coefficient (Wildman–Crippen LogP) is 3.33. The molecule has 4 heteroatoms. The summed E-state index contributed by atoms with van der Waals surface area (Å²) in [6, 6.07) is 7.58. The minimum Gasteiger partial charge on any atom is -0.393 e. The van der Waals surface area contributed by atoms with Gasteiger partial charge in [-0.05, 0) is 37.8 Å². The number of halogens is 1. The third-order valence-electron chi connectivity index (χ3n) is 4.77. The van der Waals surface area contributed by atoms with Crippen LogP contribution in [0, 0.1) is 0 Å². The number of anilines is 1. The predicted molar refractivity (Wildman–Crippen MR) is 88.0 cm³/mol. The van der Waals surface area contributed by atoms with Crippen molar-refractivity contribution in [1.29, 1.82) is 0 Å². The van der Waals surface area contributed by atoms with Gasteiger partial charge >= 0.3 is 0 Å². The minimum atomic E-state index is -0.129. The van der Waals surface area contributed by atoms with Crippen LogP contribution in [0.1, 0.15) is 45.1 Å². The molecule has 0 aromatic heterocycles. The summed E-state index contributed by atoms with van der Waals surface area (Å²) in [6.07, 6.45) is 4.02. The Kier molecular flexibility index (Phi) is 4.43. The van der Waals surface area contributed by atoms with E-state index in [4.69, 9.17) is 11.6 Å². The monoisotopic (exact) mass is 308 g/mol. The van der Waals surface area contributed by atoms with Gasteiger partial charge in [0.25, 0.3) is 0 Å². The first-order valence-corrected chi connectivity index (χ1v) is 8.41. The van der Waals surface area contributed by atoms with Gasteiger partial charge in [0.2, 0.25) is 0 Å². The standard InChI is InChI=1S/C17H25ClN2O/c1-11(2)19-10-15-16(18)4-3-5-17(15)20-12-6-7-13(20)9-14(21)8-12/h3-5,11-14,19,21H,6-10H2,1-2H3. The number of fused-ring (bicyclic) bond motifs is 2. The highest BCUT2D eigenvalue weighted by Gasteiger charge is 2.41. The van der Waals surface area contributed by atoms with E-state index < -0.39 is 0 Å². The normalized spacial score (nSPS) is 28.4. The van der Waals surface area contributed by atoms with Crippen molar-refractivity contribution in [1.82, 2.24) is 5.32 Å². The maximum atomic E-state index is 9.99. The Morgan fingerprint density at radius 1 is 1.29 bits per heavy atom. The Morgan fingerprint density at radius 2 is 1.95 bits per heavy atom. The second-order valence-electron chi connectivity index (χ2n) is 6.69. The molecule has 0 radical (unpaired) electrons. The maximum Gasteiger partial charge on any atom is 0.0579 e. The van der Waals surface area contributed by atoms with E-state index in [1.807, 2.05) is 12.1 Å². The first-order chi connectivity index (χ1) is 10.1. The highest BCUT2D eigenvalue weighted by Crippen LogP contribution is 2.41. The minimum absolute atomic E-state index is 0.129. The molecule has 21 heavy (non-hydrogen) atoms. The Hall–Kier alpha value is -0.770. The van der Waals surface area contributed by atoms with Crippen LogP contribution < -0.4 is 10.2 Å². The SMILES string of the molecule is CC(C)NCc1c(Cl)cccc1N1C2CCC1CC(O)C2. The number of piperidine rings is 1. The lowest BCUT2D eigenvalue weighted by molar-refractivity contribution is 0.126. The number of aliphatic hydroxyl groups excluding tert-OH is 1. The molecule has 2 heterocycles. The maximum absolute atomic E-state index is 9.99. The van der Waals surface area contributed by atoms with E-state index in [9.17, 15) is 5.11 Å². The summed E-state index contributed by atoms with van der Waals surface area (Å²) in [7, 11) is 0. The summed E-state index contributed by atoms with van der Waals surface area (Å²) < 4.78 is 0. The molecule has 2 saturated heterocycles. The second-order valence-corrected chi connectivity index (χ2v) is 7.10. The molecule has 0 amide bonds. The van der Waals surface area contributed by atoms with Gasteiger partial charge in [0.1, 0.15) is 0 Å². The van der Waals surface area contributed by atoms with E-state index in [-0.39, 0.29) is 6.10 Å². The first kappa shape index (κ1) is 15.1. The van der Waals surface area contributed by atoms with Crippen LogP contribution in [0.4, 0.5) is 5.69 Å². The molecule has 1 aromatic rings. The van der Waals surface area contributed by atoms with Gasteiger partial charge in [-0.3, -0.25) is 0 Å². The van der Waals surface area contributed by atoms with Gasteiger partial charge in [0, 0.05) is 40.9 Å². The zero-order chi connectivity index (χ0) is 15.0. The van der Waals surface area contributed by atoms with E-state index in [1.165, 1.54) is 24.1 Å². The van der Waals surface area contributed by atoms with Gasteiger partial charge in [-0.15, -0.1) is 0 Å². The third kappa shape index (κ3) is 3.05. The Labute approximate surface area is 132 Å². The molecule has 116 valence electrons. The van der Waals surface area contributed by atoms with Gasteiger partial charge < -0.3 is 15.3 Å². The number of nitrogens with one attached hydrogen (secondary N) is 1. The molecule has 0 saturated carbocycles. The van der Waals surface area contributed by atoms with E-state index in [2.05, 4.69) is 30.1 Å². The molecule has 2 aliphatic heterocycles. The van der Waals surface area contributed by atoms with Gasteiger partial charge in [0.05, 0.1) is 6.10 Å². The molecule has 0 aliphatic carbocycles. The van der Waals surface area contributed by atoms with Crippen molar-refractivity contribution in [2.45, 2.75) is 70.3 Å². The summed E-state index contributed by atoms with van der Waals surface area (Å²) in [5.74, 6) is 0. The molecule has 2 bridgehead atoms. The molecule has 2 aliphatic rings. The number of hydrogen-bond donors (Lipinski definition) is 2. The van der Waals surface area contributed by atoms with Crippen LogP contribution in [-0.2, 0) is 6.54 Å². The van der Waals surface area contributed by atoms with Crippen molar-refractivity contribution in [2.75, 3.05) is 4.90 Å². The largest absolute Gasteiger partial charge is 0.393 e. The van der Waals surface area contributed by atoms with Crippen LogP contribution in [0.2, 0.25) is 5.02 Å². The van der Waals surface area contributed by atoms with Gasteiger partial charge in [0.15, 0.2) is 0 Å². The van der Waals surface area contributed by atoms with Gasteiger partial charge in [-0.2, -0.15) is 0 Å². The lowest BCUT2D eigenvalue weighted by atomic mass is 9.97. The van der Waals surface area contributed by atoms with Crippen LogP contribution in [0.25, 0.3) is 0 Å². The third-order valence-corrected chi connectivity index (χ3v) is 5.12. The summed E-state index contributed by atoms with van der Waals surface area (Å²) in [5.41, 5.74) is 2.45. The number of hydrogen-bond acceptors (Lipinski definition) is 3. The lowest BCUT2D eigenvalue weighted by Gasteiger charge is -2.40. The van der Waals surface area contributed by atoms with E-state index in [0.717, 1.165) is 24.4 Å². The molecular formula is C17H25ClN2O. The Balaban J connectivity index is 1.90. The number of rotatable bonds is 4. The van der Waals surface area contributed by atoms with Crippen molar-refractivity contribution in [3.05, 3.63) is 28.8 Å². The summed E-state index contributed by atoms with van der Waals surface area (Å²) >= 11 is 6.46. The lowest BCUT2D eigenvalue weighted by Crippen LogP contribution is -2.45. The smallest absolute Gasteiger partial charge is 0.0579 e. The van der Waals surface area contributed by atoms with Crippen molar-refractivity contribution >= 4 is 17.3 Å². The van der Waals surface area contributed by atoms with Crippen molar-refractivity contribution in [3.63, 3.8) is 0 Å². The number of nitrogens with zero attached hydrogens (tertiary/aromatic N) is 1. The van der Waals surface area contributed by atoms with Gasteiger partial charge in [-0.1, -0.05) is 31.5 Å². The molecule has 1 aromatic carbocycles. The van der Waals surface area contributed by atoms with E-state index in [1.54, 1.807) is 0 Å². The van der Waals surface area contributed by atoms with Crippen LogP contribution in [0.5, 0.6) is 0 Å². The average molecular weight is 309 g/mol. The second kappa shape index (κ2) is 6.15. The van der Waals surface area contributed by atoms with E-state index in [0.29, 0.717) is 18.1 Å². The van der Waals surface area contributed by atoms with Crippen LogP contribution in [0.15, 0.2) is 18.2 Å². The zero-order valence-corrected chi connectivity index (χ0v) is 13.6. The van der Waals surface area contributed by atoms with Crippen LogP contribution in [-0.4, -0.2) is 29.3 Å². The fraction of sp³-hybridized carbons (Fsp3) is 0.647. The molecule has 2 atom stereocenters. The van der Waals surface area contributed by atoms with Crippen molar-refractivity contribution in [2.24, 2.45) is 0 Å². The molecule has 2 fully saturated rings. The average Bonchev–Trinajstić information content (AvgIpc) is 2.69. The topological polar surface area (TPSA) is 35.5 Å². The fourth-order valence-corrected chi connectivity index (χ4v) is 4.05. The summed E-state index contributed by atoms with van der Waals surface area (Å²) in [5, 5.41) is 14.3. The van der Waals surface area contributed by atoms with Crippen LogP contribution >= 0.6 is 11.6 Å². The van der Waals surface area contributed by atoms with Crippen LogP contribution in [0.3, 0.4) is 0 Å². The zero-order valence-electron chi connectivity index (χ0n) is 12.8. The van der Waals surface area contributed by atoms with E-state index >= 15 is 0 Å². The number of aliphatic hydroxyl groups is 1. The van der Waals surface area contributed by atoms with Crippen molar-refractivity contribution in [3.8, 4) is 0 Å². The number of benzene rings is 1.